The summed E-state index contributed by atoms with van der Waals surface area (Å²) < 4.78 is 47.5. The smallest absolute Gasteiger partial charge is 0.419 e. The fourth-order valence-electron chi connectivity index (χ4n) is 4.34. The highest BCUT2D eigenvalue weighted by atomic mass is 32.1. The van der Waals surface area contributed by atoms with Crippen molar-refractivity contribution in [2.24, 2.45) is 0 Å². The van der Waals surface area contributed by atoms with Gasteiger partial charge >= 0.3 is 12.1 Å². The summed E-state index contributed by atoms with van der Waals surface area (Å²) in [6.07, 6.45) is -0.332. The number of benzene rings is 1. The van der Waals surface area contributed by atoms with Gasteiger partial charge in [0.05, 0.1) is 16.7 Å². The Morgan fingerprint density at radius 1 is 1.30 bits per heavy atom. The molecule has 30 heavy (non-hydrogen) atoms. The molecule has 0 radical (unpaired) electrons. The molecule has 0 amide bonds. The topological polar surface area (TPSA) is 91.5 Å². The van der Waals surface area contributed by atoms with Crippen LogP contribution in [0.25, 0.3) is 21.7 Å². The minimum absolute atomic E-state index is 0.0780. The standard InChI is InChI=1S/C19H17F3N4O3S/c20-19(21,22)13-11(17(27)28)6-12(16-23-4-5-30-16)15-14(13)25-18(29-15)26-7-9-2-1-3-10(8-26)24-9/h4-6,9-10,24H,1-3,7-8H2,(H,27,28). The van der Waals surface area contributed by atoms with Crippen molar-refractivity contribution in [2.75, 3.05) is 18.0 Å². The minimum Gasteiger partial charge on any atom is -0.478 e. The molecule has 2 fully saturated rings. The maximum absolute atomic E-state index is 13.9. The first-order valence-corrected chi connectivity index (χ1v) is 10.4. The van der Waals surface area contributed by atoms with Crippen molar-refractivity contribution in [3.05, 3.63) is 28.8 Å². The molecule has 2 aliphatic heterocycles. The number of nitrogens with zero attached hydrogens (tertiary/aromatic N) is 3. The number of nitrogens with one attached hydrogen (secondary N) is 1. The summed E-state index contributed by atoms with van der Waals surface area (Å²) in [6, 6.07) is 1.51. The molecule has 4 heterocycles. The van der Waals surface area contributed by atoms with Gasteiger partial charge in [-0.3, -0.25) is 0 Å². The lowest BCUT2D eigenvalue weighted by atomic mass is 9.94. The molecule has 2 bridgehead atoms. The van der Waals surface area contributed by atoms with Crippen LogP contribution in [0.1, 0.15) is 35.2 Å². The molecule has 2 saturated heterocycles. The van der Waals surface area contributed by atoms with Crippen LogP contribution in [0.4, 0.5) is 19.2 Å². The third-order valence-corrected chi connectivity index (χ3v) is 6.37. The van der Waals surface area contributed by atoms with Crippen LogP contribution < -0.4 is 10.2 Å². The molecule has 1 aromatic carbocycles. The van der Waals surface area contributed by atoms with Gasteiger partial charge in [-0.05, 0) is 18.9 Å². The summed E-state index contributed by atoms with van der Waals surface area (Å²) in [6.45, 7) is 1.14. The van der Waals surface area contributed by atoms with E-state index in [1.165, 1.54) is 17.5 Å². The van der Waals surface area contributed by atoms with Crippen LogP contribution in [-0.4, -0.2) is 46.2 Å². The predicted octanol–water partition coefficient (Wildman–Crippen LogP) is 4.00. The average molecular weight is 438 g/mol. The van der Waals surface area contributed by atoms with Crippen molar-refractivity contribution in [1.29, 1.82) is 0 Å². The Kier molecular flexibility index (Phi) is 4.47. The van der Waals surface area contributed by atoms with Crippen molar-refractivity contribution in [1.82, 2.24) is 15.3 Å². The zero-order valence-corrected chi connectivity index (χ0v) is 16.4. The number of hydrogen-bond donors (Lipinski definition) is 2. The molecular formula is C19H17F3N4O3S. The first-order valence-electron chi connectivity index (χ1n) is 9.50. The highest BCUT2D eigenvalue weighted by molar-refractivity contribution is 7.13. The summed E-state index contributed by atoms with van der Waals surface area (Å²) >= 11 is 1.19. The van der Waals surface area contributed by atoms with Gasteiger partial charge in [0.15, 0.2) is 5.58 Å². The number of thiazole rings is 1. The molecule has 0 aliphatic carbocycles. The number of oxazole rings is 1. The number of piperazine rings is 1. The first kappa shape index (κ1) is 19.3. The van der Waals surface area contributed by atoms with E-state index in [4.69, 9.17) is 4.42 Å². The highest BCUT2D eigenvalue weighted by Crippen LogP contribution is 2.43. The van der Waals surface area contributed by atoms with Crippen molar-refractivity contribution in [3.63, 3.8) is 0 Å². The second kappa shape index (κ2) is 6.95. The zero-order chi connectivity index (χ0) is 21.0. The van der Waals surface area contributed by atoms with Gasteiger partial charge in [0.25, 0.3) is 6.01 Å². The monoisotopic (exact) mass is 438 g/mol. The van der Waals surface area contributed by atoms with Gasteiger partial charge in [-0.2, -0.15) is 18.2 Å². The number of carbonyl (C=O) groups is 1. The Morgan fingerprint density at radius 2 is 2.03 bits per heavy atom. The molecule has 3 aromatic rings. The maximum Gasteiger partial charge on any atom is 0.419 e. The Labute approximate surface area is 172 Å². The lowest BCUT2D eigenvalue weighted by molar-refractivity contribution is -0.136. The van der Waals surface area contributed by atoms with Crippen LogP contribution in [0.3, 0.4) is 0 Å². The number of piperidine rings is 1. The Hall–Kier alpha value is -2.66. The molecule has 7 nitrogen and oxygen atoms in total. The van der Waals surface area contributed by atoms with Gasteiger partial charge in [0.1, 0.15) is 10.5 Å². The molecule has 0 saturated carbocycles. The molecule has 2 aromatic heterocycles. The number of fused-ring (bicyclic) bond motifs is 3. The first-order chi connectivity index (χ1) is 14.3. The number of rotatable bonds is 3. The van der Waals surface area contributed by atoms with E-state index >= 15 is 0 Å². The van der Waals surface area contributed by atoms with E-state index in [0.29, 0.717) is 18.1 Å². The van der Waals surface area contributed by atoms with Crippen LogP contribution in [-0.2, 0) is 6.18 Å². The van der Waals surface area contributed by atoms with Crippen LogP contribution in [0.2, 0.25) is 0 Å². The maximum atomic E-state index is 13.9. The normalized spacial score (nSPS) is 21.9. The SMILES string of the molecule is O=C(O)c1cc(-c2nccs2)c2oc(N3CC4CCCC(C3)N4)nc2c1C(F)(F)F. The van der Waals surface area contributed by atoms with Crippen LogP contribution in [0.5, 0.6) is 0 Å². The van der Waals surface area contributed by atoms with Gasteiger partial charge in [-0.25, -0.2) is 9.78 Å². The van der Waals surface area contributed by atoms with Crippen molar-refractivity contribution < 1.29 is 27.5 Å². The second-order valence-electron chi connectivity index (χ2n) is 7.56. The average Bonchev–Trinajstić information content (AvgIpc) is 3.35. The van der Waals surface area contributed by atoms with Gasteiger partial charge in [0, 0.05) is 36.8 Å². The summed E-state index contributed by atoms with van der Waals surface area (Å²) in [5.74, 6) is -1.68. The predicted molar refractivity (Wildman–Crippen MR) is 104 cm³/mol. The fraction of sp³-hybridized carbons (Fsp3) is 0.421. The fourth-order valence-corrected chi connectivity index (χ4v) is 4.99. The number of anilines is 1. The number of alkyl halides is 3. The second-order valence-corrected chi connectivity index (χ2v) is 8.45. The van der Waals surface area contributed by atoms with Crippen molar-refractivity contribution in [3.8, 4) is 10.6 Å². The van der Waals surface area contributed by atoms with Crippen molar-refractivity contribution >= 4 is 34.4 Å². The number of halogens is 3. The molecular weight excluding hydrogens is 421 g/mol. The van der Waals surface area contributed by atoms with E-state index in [9.17, 15) is 23.1 Å². The van der Waals surface area contributed by atoms with E-state index in [1.807, 2.05) is 4.90 Å². The van der Waals surface area contributed by atoms with Gasteiger partial charge in [-0.1, -0.05) is 6.42 Å². The molecule has 158 valence electrons. The minimum atomic E-state index is -4.90. The summed E-state index contributed by atoms with van der Waals surface area (Å²) in [5, 5.41) is 15.0. The molecule has 2 atom stereocenters. The lowest BCUT2D eigenvalue weighted by Gasteiger charge is -2.41. The molecule has 0 spiro atoms. The van der Waals surface area contributed by atoms with Crippen LogP contribution >= 0.6 is 11.3 Å². The van der Waals surface area contributed by atoms with E-state index < -0.39 is 28.8 Å². The van der Waals surface area contributed by atoms with Gasteiger partial charge in [-0.15, -0.1) is 11.3 Å². The summed E-state index contributed by atoms with van der Waals surface area (Å²) in [5.41, 5.74) is -2.56. The quantitative estimate of drug-likeness (QED) is 0.639. The van der Waals surface area contributed by atoms with Crippen molar-refractivity contribution in [2.45, 2.75) is 37.5 Å². The zero-order valence-electron chi connectivity index (χ0n) is 15.6. The van der Waals surface area contributed by atoms with E-state index in [0.717, 1.165) is 25.3 Å². The Bertz CT molecular complexity index is 1100. The number of aromatic nitrogens is 2. The van der Waals surface area contributed by atoms with Gasteiger partial charge < -0.3 is 19.7 Å². The van der Waals surface area contributed by atoms with Crippen LogP contribution in [0, 0.1) is 0 Å². The Morgan fingerprint density at radius 3 is 2.63 bits per heavy atom. The van der Waals surface area contributed by atoms with E-state index in [2.05, 4.69) is 15.3 Å². The van der Waals surface area contributed by atoms with E-state index in [1.54, 1.807) is 5.38 Å². The number of hydrogen-bond acceptors (Lipinski definition) is 7. The summed E-state index contributed by atoms with van der Waals surface area (Å²) in [7, 11) is 0. The largest absolute Gasteiger partial charge is 0.478 e. The molecule has 2 unspecified atom stereocenters. The highest BCUT2D eigenvalue weighted by Gasteiger charge is 2.41. The third kappa shape index (κ3) is 3.21. The Balaban J connectivity index is 1.72. The van der Waals surface area contributed by atoms with Crippen LogP contribution in [0.15, 0.2) is 22.1 Å². The number of aromatic carboxylic acids is 1. The lowest BCUT2D eigenvalue weighted by Crippen LogP contribution is -2.58. The molecule has 2 N–H and O–H groups in total. The number of carboxylic acids is 1. The summed E-state index contributed by atoms with van der Waals surface area (Å²) in [4.78, 5) is 21.8. The molecule has 11 heteroatoms. The third-order valence-electron chi connectivity index (χ3n) is 5.56. The molecule has 2 aliphatic rings. The molecule has 5 rings (SSSR count). The van der Waals surface area contributed by atoms with Gasteiger partial charge in [0.2, 0.25) is 0 Å². The van der Waals surface area contributed by atoms with E-state index in [-0.39, 0.29) is 29.2 Å². The number of carboxylic acid groups (broad SMARTS) is 1.